The molecule has 1 aromatic carbocycles. The van der Waals surface area contributed by atoms with Gasteiger partial charge in [-0.05, 0) is 31.5 Å². The van der Waals surface area contributed by atoms with Crippen LogP contribution in [0.2, 0.25) is 0 Å². The van der Waals surface area contributed by atoms with Crippen molar-refractivity contribution in [1.29, 1.82) is 0 Å². The number of amides is 1. The Kier molecular flexibility index (Phi) is 4.77. The second kappa shape index (κ2) is 6.08. The molecule has 1 fully saturated rings. The van der Waals surface area contributed by atoms with Crippen LogP contribution in [0.15, 0.2) is 23.1 Å². The van der Waals surface area contributed by atoms with Crippen molar-refractivity contribution in [3.8, 4) is 0 Å². The summed E-state index contributed by atoms with van der Waals surface area (Å²) in [5.74, 6) is -1.82. The lowest BCUT2D eigenvalue weighted by molar-refractivity contribution is 0.0915. The molecule has 0 aliphatic carbocycles. The number of halogens is 1. The van der Waals surface area contributed by atoms with Crippen LogP contribution in [0.1, 0.15) is 23.7 Å². The Morgan fingerprint density at radius 1 is 1.33 bits per heavy atom. The molecule has 24 heavy (non-hydrogen) atoms. The minimum Gasteiger partial charge on any atom is -0.346 e. The van der Waals surface area contributed by atoms with Crippen LogP contribution in [0, 0.1) is 5.82 Å². The highest BCUT2D eigenvalue weighted by atomic mass is 32.2. The number of sulfone groups is 1. The van der Waals surface area contributed by atoms with Gasteiger partial charge >= 0.3 is 0 Å². The van der Waals surface area contributed by atoms with E-state index in [9.17, 15) is 26.0 Å². The Hall–Kier alpha value is -1.52. The van der Waals surface area contributed by atoms with E-state index >= 15 is 0 Å². The molecule has 10 heteroatoms. The molecular formula is C14H19FN2O5S2. The summed E-state index contributed by atoms with van der Waals surface area (Å²) in [7, 11) is -4.74. The zero-order chi connectivity index (χ0) is 18.3. The second-order valence-electron chi connectivity index (χ2n) is 6.29. The fourth-order valence-electron chi connectivity index (χ4n) is 2.49. The van der Waals surface area contributed by atoms with Crippen molar-refractivity contribution in [2.75, 3.05) is 25.6 Å². The van der Waals surface area contributed by atoms with Crippen LogP contribution in [-0.4, -0.2) is 58.2 Å². The molecule has 1 aliphatic heterocycles. The molecule has 0 spiro atoms. The van der Waals surface area contributed by atoms with Gasteiger partial charge in [-0.3, -0.25) is 4.79 Å². The maximum atomic E-state index is 13.9. The molecule has 2 rings (SSSR count). The molecule has 134 valence electrons. The molecule has 0 aromatic heterocycles. The van der Waals surface area contributed by atoms with Crippen LogP contribution in [0.3, 0.4) is 0 Å². The highest BCUT2D eigenvalue weighted by Gasteiger charge is 2.39. The van der Waals surface area contributed by atoms with Crippen molar-refractivity contribution in [3.05, 3.63) is 29.6 Å². The van der Waals surface area contributed by atoms with Crippen molar-refractivity contribution in [1.82, 2.24) is 9.62 Å². The minimum atomic E-state index is -4.04. The Balaban J connectivity index is 2.32. The van der Waals surface area contributed by atoms with Crippen molar-refractivity contribution in [2.45, 2.75) is 23.8 Å². The topological polar surface area (TPSA) is 101 Å². The van der Waals surface area contributed by atoms with Gasteiger partial charge in [-0.2, -0.15) is 0 Å². The number of sulfonamides is 1. The number of carbonyl (C=O) groups is 1. The van der Waals surface area contributed by atoms with Gasteiger partial charge in [-0.15, -0.1) is 0 Å². The lowest BCUT2D eigenvalue weighted by Crippen LogP contribution is -2.47. The van der Waals surface area contributed by atoms with E-state index < -0.39 is 42.0 Å². The van der Waals surface area contributed by atoms with Gasteiger partial charge in [0, 0.05) is 19.7 Å². The number of rotatable bonds is 4. The van der Waals surface area contributed by atoms with Crippen molar-refractivity contribution in [3.63, 3.8) is 0 Å². The number of hydrogen-bond acceptors (Lipinski definition) is 5. The van der Waals surface area contributed by atoms with Gasteiger partial charge in [-0.1, -0.05) is 0 Å². The van der Waals surface area contributed by atoms with E-state index in [2.05, 4.69) is 5.32 Å². The molecule has 1 amide bonds. The molecule has 1 aliphatic rings. The van der Waals surface area contributed by atoms with Crippen molar-refractivity contribution >= 4 is 25.8 Å². The standard InChI is InChI=1S/C14H19FN2O5S2/c1-14(6-7-23(19,20)9-14)16-13(18)10-4-5-11(15)12(8-10)24(21,22)17(2)3/h4-5,8H,6-7,9H2,1-3H3,(H,16,18). The molecular weight excluding hydrogens is 359 g/mol. The van der Waals surface area contributed by atoms with E-state index in [0.29, 0.717) is 0 Å². The van der Waals surface area contributed by atoms with Crippen LogP contribution >= 0.6 is 0 Å². The Bertz CT molecular complexity index is 880. The summed E-state index contributed by atoms with van der Waals surface area (Å²) in [5.41, 5.74) is -0.979. The summed E-state index contributed by atoms with van der Waals surface area (Å²) >= 11 is 0. The van der Waals surface area contributed by atoms with Crippen molar-refractivity contribution in [2.24, 2.45) is 0 Å². The van der Waals surface area contributed by atoms with Gasteiger partial charge in [0.25, 0.3) is 5.91 Å². The van der Waals surface area contributed by atoms with Crippen LogP contribution in [0.25, 0.3) is 0 Å². The second-order valence-corrected chi connectivity index (χ2v) is 10.6. The molecule has 0 saturated carbocycles. The van der Waals surface area contributed by atoms with Gasteiger partial charge in [0.15, 0.2) is 9.84 Å². The van der Waals surface area contributed by atoms with E-state index in [1.807, 2.05) is 0 Å². The summed E-state index contributed by atoms with van der Waals surface area (Å²) in [4.78, 5) is 11.7. The first-order valence-electron chi connectivity index (χ1n) is 7.11. The SMILES string of the molecule is CN(C)S(=O)(=O)c1cc(C(=O)NC2(C)CCS(=O)(=O)C2)ccc1F. The molecule has 1 saturated heterocycles. The fourth-order valence-corrected chi connectivity index (χ4v) is 5.57. The van der Waals surface area contributed by atoms with Crippen LogP contribution < -0.4 is 5.32 Å². The Morgan fingerprint density at radius 2 is 1.96 bits per heavy atom. The third-order valence-corrected chi connectivity index (χ3v) is 7.60. The maximum Gasteiger partial charge on any atom is 0.251 e. The van der Waals surface area contributed by atoms with E-state index in [1.54, 1.807) is 6.92 Å². The largest absolute Gasteiger partial charge is 0.346 e. The van der Waals surface area contributed by atoms with Gasteiger partial charge in [-0.25, -0.2) is 25.5 Å². The van der Waals surface area contributed by atoms with Crippen molar-refractivity contribution < 1.29 is 26.0 Å². The first-order chi connectivity index (χ1) is 10.9. The molecule has 7 nitrogen and oxygen atoms in total. The van der Waals surface area contributed by atoms with Crippen LogP contribution in [-0.2, 0) is 19.9 Å². The van der Waals surface area contributed by atoms with Crippen LogP contribution in [0.5, 0.6) is 0 Å². The summed E-state index contributed by atoms with van der Waals surface area (Å²) in [6.45, 7) is 1.61. The molecule has 1 unspecified atom stereocenters. The Labute approximate surface area is 140 Å². The number of benzene rings is 1. The fraction of sp³-hybridized carbons (Fsp3) is 0.500. The highest BCUT2D eigenvalue weighted by Crippen LogP contribution is 2.24. The molecule has 1 N–H and O–H groups in total. The molecule has 0 bridgehead atoms. The lowest BCUT2D eigenvalue weighted by Gasteiger charge is -2.24. The number of nitrogens with one attached hydrogen (secondary N) is 1. The number of nitrogens with zero attached hydrogens (tertiary/aromatic N) is 1. The molecule has 1 atom stereocenters. The van der Waals surface area contributed by atoms with E-state index in [0.717, 1.165) is 22.5 Å². The maximum absolute atomic E-state index is 13.9. The van der Waals surface area contributed by atoms with E-state index in [4.69, 9.17) is 0 Å². The number of hydrogen-bond donors (Lipinski definition) is 1. The zero-order valence-electron chi connectivity index (χ0n) is 13.5. The first-order valence-corrected chi connectivity index (χ1v) is 10.4. The quantitative estimate of drug-likeness (QED) is 0.816. The first kappa shape index (κ1) is 18.8. The zero-order valence-corrected chi connectivity index (χ0v) is 15.2. The molecule has 1 heterocycles. The third-order valence-electron chi connectivity index (χ3n) is 3.87. The normalized spacial score (nSPS) is 23.4. The highest BCUT2D eigenvalue weighted by molar-refractivity contribution is 7.91. The van der Waals surface area contributed by atoms with Crippen LogP contribution in [0.4, 0.5) is 4.39 Å². The predicted octanol–water partition coefficient (Wildman–Crippen LogP) is 0.383. The van der Waals surface area contributed by atoms with E-state index in [1.165, 1.54) is 14.1 Å². The smallest absolute Gasteiger partial charge is 0.251 e. The minimum absolute atomic E-state index is 0.0204. The number of carbonyl (C=O) groups excluding carboxylic acids is 1. The monoisotopic (exact) mass is 378 g/mol. The summed E-state index contributed by atoms with van der Waals surface area (Å²) in [6.07, 6.45) is 0.269. The summed E-state index contributed by atoms with van der Waals surface area (Å²) in [6, 6.07) is 3.01. The predicted molar refractivity (Wildman–Crippen MR) is 86.4 cm³/mol. The molecule has 0 radical (unpaired) electrons. The average Bonchev–Trinajstić information content (AvgIpc) is 2.72. The van der Waals surface area contributed by atoms with Gasteiger partial charge in [0.05, 0.1) is 17.0 Å². The lowest BCUT2D eigenvalue weighted by atomic mass is 10.0. The Morgan fingerprint density at radius 3 is 2.46 bits per heavy atom. The van der Waals surface area contributed by atoms with Gasteiger partial charge < -0.3 is 5.32 Å². The summed E-state index contributed by atoms with van der Waals surface area (Å²) in [5, 5.41) is 2.61. The van der Waals surface area contributed by atoms with Gasteiger partial charge in [0.1, 0.15) is 10.7 Å². The molecule has 1 aromatic rings. The van der Waals surface area contributed by atoms with Gasteiger partial charge in [0.2, 0.25) is 10.0 Å². The van der Waals surface area contributed by atoms with E-state index in [-0.39, 0.29) is 23.5 Å². The summed E-state index contributed by atoms with van der Waals surface area (Å²) < 4.78 is 62.1. The third kappa shape index (κ3) is 3.76. The average molecular weight is 378 g/mol.